The van der Waals surface area contributed by atoms with Gasteiger partial charge in [-0.05, 0) is 12.5 Å². The van der Waals surface area contributed by atoms with E-state index in [0.29, 0.717) is 23.8 Å². The highest BCUT2D eigenvalue weighted by Crippen LogP contribution is 2.27. The third-order valence-electron chi connectivity index (χ3n) is 2.31. The maximum atomic E-state index is 8.07. The molecule has 1 heterocycles. The molecule has 0 bridgehead atoms. The van der Waals surface area contributed by atoms with Gasteiger partial charge in [-0.3, -0.25) is 4.98 Å². The second-order valence-corrected chi connectivity index (χ2v) is 3.84. The van der Waals surface area contributed by atoms with Crippen LogP contribution in [0.25, 0.3) is 10.9 Å². The number of nitrogens with one attached hydrogen (secondary N) is 1. The molecule has 0 atom stereocenters. The minimum absolute atomic E-state index is 0.516. The molecule has 0 saturated carbocycles. The Bertz CT molecular complexity index is 536. The van der Waals surface area contributed by atoms with Gasteiger partial charge in [-0.2, -0.15) is 0 Å². The average molecular weight is 238 g/mol. The van der Waals surface area contributed by atoms with Crippen LogP contribution in [0.2, 0.25) is 2.82 Å². The Morgan fingerprint density at radius 1 is 1.50 bits per heavy atom. The van der Waals surface area contributed by atoms with Gasteiger partial charge in [-0.25, -0.2) is 0 Å². The van der Waals surface area contributed by atoms with Gasteiger partial charge in [0.2, 0.25) is 0 Å². The lowest BCUT2D eigenvalue weighted by atomic mass is 10.1. The fourth-order valence-electron chi connectivity index (χ4n) is 1.55. The monoisotopic (exact) mass is 237 g/mol. The van der Waals surface area contributed by atoms with Gasteiger partial charge in [0.25, 0.3) is 0 Å². The van der Waals surface area contributed by atoms with E-state index in [2.05, 4.69) is 10.7 Å². The van der Waals surface area contributed by atoms with Gasteiger partial charge >= 0.3 is 0 Å². The lowest BCUT2D eigenvalue weighted by Gasteiger charge is -2.11. The quantitative estimate of drug-likeness (QED) is 0.787. The maximum Gasteiger partial charge on any atom is 0.160 e. The Balaban J connectivity index is 2.50. The number of hydrogen-bond acceptors (Lipinski definition) is 3. The highest BCUT2D eigenvalue weighted by Gasteiger charge is 2.04. The second kappa shape index (κ2) is 5.03. The van der Waals surface area contributed by atoms with Crippen LogP contribution >= 0.6 is 11.6 Å². The summed E-state index contributed by atoms with van der Waals surface area (Å²) in [6.45, 7) is 0.520. The first-order valence-corrected chi connectivity index (χ1v) is 5.69. The van der Waals surface area contributed by atoms with Crippen LogP contribution in [0.5, 0.6) is 0 Å². The first kappa shape index (κ1) is 8.65. The molecule has 0 fully saturated rings. The van der Waals surface area contributed by atoms with Gasteiger partial charge in [0, 0.05) is 17.8 Å². The zero-order chi connectivity index (χ0) is 13.0. The molecule has 0 unspecified atom stereocenters. The standard InChI is InChI=1S/C12H14ClN3/c13-6-3-7-15-12-9-4-1-2-5-11(9)16-8-10(12)14/h1-2,4-5,8H,3,6-7,14H2,(H,15,16)/i/hD2. The van der Waals surface area contributed by atoms with Crippen molar-refractivity contribution in [2.45, 2.75) is 6.42 Å². The Morgan fingerprint density at radius 2 is 2.38 bits per heavy atom. The Morgan fingerprint density at radius 3 is 3.19 bits per heavy atom. The third-order valence-corrected chi connectivity index (χ3v) is 2.58. The molecule has 0 saturated heterocycles. The smallest absolute Gasteiger partial charge is 0.160 e. The van der Waals surface area contributed by atoms with Crippen molar-refractivity contribution < 1.29 is 2.82 Å². The molecule has 1 aromatic carbocycles. The molecule has 0 spiro atoms. The summed E-state index contributed by atoms with van der Waals surface area (Å²) in [5.41, 5.74) is 4.35. The van der Waals surface area contributed by atoms with Gasteiger partial charge in [-0.15, -0.1) is 11.6 Å². The summed E-state index contributed by atoms with van der Waals surface area (Å²) < 4.78 is 15.4. The van der Waals surface area contributed by atoms with E-state index in [9.17, 15) is 0 Å². The Hall–Kier alpha value is -1.48. The average Bonchev–Trinajstić information content (AvgIpc) is 2.43. The molecule has 0 aliphatic carbocycles. The van der Waals surface area contributed by atoms with Crippen LogP contribution in [-0.4, -0.2) is 17.4 Å². The molecule has 3 N–H and O–H groups in total. The lowest BCUT2D eigenvalue weighted by molar-refractivity contribution is 0.989. The summed E-state index contributed by atoms with van der Waals surface area (Å²) in [4.78, 5) is 4.26. The number of benzene rings is 1. The van der Waals surface area contributed by atoms with Crippen molar-refractivity contribution in [1.29, 1.82) is 0 Å². The van der Waals surface area contributed by atoms with Gasteiger partial charge < -0.3 is 11.0 Å². The summed E-state index contributed by atoms with van der Waals surface area (Å²) in [5, 5.41) is 2.22. The van der Waals surface area contributed by atoms with Crippen LogP contribution < -0.4 is 11.0 Å². The fraction of sp³-hybridized carbons (Fsp3) is 0.250. The van der Waals surface area contributed by atoms with Gasteiger partial charge in [0.05, 0.1) is 23.1 Å². The molecule has 0 aliphatic heterocycles. The number of halogens is 1. The summed E-state index contributed by atoms with van der Waals surface area (Å²) in [7, 11) is 0. The number of hydrogen-bond donors (Lipinski definition) is 2. The van der Waals surface area contributed by atoms with Crippen LogP contribution in [0, 0.1) is 0 Å². The Labute approximate surface area is 103 Å². The molecule has 84 valence electrons. The van der Waals surface area contributed by atoms with Crippen molar-refractivity contribution in [3.63, 3.8) is 0 Å². The number of fused-ring (bicyclic) bond motifs is 1. The number of nitrogens with zero attached hydrogens (tertiary/aromatic N) is 1. The van der Waals surface area contributed by atoms with Crippen molar-refractivity contribution in [3.8, 4) is 0 Å². The Kier molecular flexibility index (Phi) is 2.72. The minimum Gasteiger partial charge on any atom is -0.396 e. The molecular formula is C12H14ClN3. The van der Waals surface area contributed by atoms with E-state index in [-0.39, 0.29) is 0 Å². The SMILES string of the molecule is [2H]Nc1cnc2ccccc2c1N([2H])CCCCl. The number of alkyl halides is 1. The van der Waals surface area contributed by atoms with Crippen molar-refractivity contribution in [2.75, 3.05) is 23.5 Å². The number of rotatable bonds is 5. The minimum atomic E-state index is 0.516. The van der Waals surface area contributed by atoms with E-state index in [1.807, 2.05) is 24.3 Å². The van der Waals surface area contributed by atoms with Crippen molar-refractivity contribution >= 4 is 33.9 Å². The second-order valence-electron chi connectivity index (χ2n) is 3.46. The lowest BCUT2D eigenvalue weighted by Crippen LogP contribution is -2.05. The highest BCUT2D eigenvalue weighted by molar-refractivity contribution is 6.17. The highest BCUT2D eigenvalue weighted by atomic mass is 35.5. The van der Waals surface area contributed by atoms with E-state index in [0.717, 1.165) is 17.3 Å². The normalized spacial score (nSPS) is 12.1. The molecule has 16 heavy (non-hydrogen) atoms. The molecule has 0 amide bonds. The molecule has 4 heteroatoms. The van der Waals surface area contributed by atoms with Crippen LogP contribution in [0.4, 0.5) is 11.4 Å². The van der Waals surface area contributed by atoms with Gasteiger partial charge in [-0.1, -0.05) is 18.2 Å². The van der Waals surface area contributed by atoms with Crippen LogP contribution in [0.3, 0.4) is 0 Å². The molecule has 0 aliphatic rings. The number of para-hydroxylation sites is 1. The van der Waals surface area contributed by atoms with E-state index in [1.165, 1.54) is 5.31 Å². The van der Waals surface area contributed by atoms with E-state index < -0.39 is 0 Å². The number of nitrogens with two attached hydrogens (primary N) is 1. The van der Waals surface area contributed by atoms with Gasteiger partial charge in [0.15, 0.2) is 2.82 Å². The topological polar surface area (TPSA) is 50.9 Å². The number of aromatic nitrogens is 1. The molecule has 2 rings (SSSR count). The number of anilines is 2. The van der Waals surface area contributed by atoms with Crippen molar-refractivity contribution in [2.24, 2.45) is 0 Å². The predicted molar refractivity (Wildman–Crippen MR) is 70.0 cm³/mol. The zero-order valence-corrected chi connectivity index (χ0v) is 9.54. The molecule has 2 aromatic rings. The summed E-state index contributed by atoms with van der Waals surface area (Å²) >= 11 is 5.65. The van der Waals surface area contributed by atoms with Crippen LogP contribution in [0.15, 0.2) is 30.5 Å². The van der Waals surface area contributed by atoms with E-state index in [4.69, 9.17) is 14.4 Å². The zero-order valence-electron chi connectivity index (χ0n) is 10.8. The molecule has 1 aromatic heterocycles. The first-order chi connectivity index (χ1) is 8.77. The molecule has 0 radical (unpaired) electrons. The van der Waals surface area contributed by atoms with Crippen molar-refractivity contribution in [1.82, 2.24) is 4.98 Å². The predicted octanol–water partition coefficient (Wildman–Crippen LogP) is 2.86. The maximum absolute atomic E-state index is 8.07. The third kappa shape index (κ3) is 2.19. The molecular weight excluding hydrogens is 222 g/mol. The van der Waals surface area contributed by atoms with E-state index in [1.54, 1.807) is 6.20 Å². The first-order valence-electron chi connectivity index (χ1n) is 6.10. The molecule has 3 nitrogen and oxygen atoms in total. The number of pyridine rings is 1. The largest absolute Gasteiger partial charge is 0.396 e. The van der Waals surface area contributed by atoms with Gasteiger partial charge in [0.1, 0.15) is 0 Å². The summed E-state index contributed by atoms with van der Waals surface area (Å²) in [6.07, 6.45) is 2.30. The number of nitrogen functional groups attached to an aromatic ring is 1. The summed E-state index contributed by atoms with van der Waals surface area (Å²) in [5.74, 6) is 0.516. The fourth-order valence-corrected chi connectivity index (χ4v) is 1.67. The van der Waals surface area contributed by atoms with Crippen LogP contribution in [0.1, 0.15) is 6.42 Å². The van der Waals surface area contributed by atoms with Crippen LogP contribution in [-0.2, 0) is 0 Å². The summed E-state index contributed by atoms with van der Waals surface area (Å²) in [6, 6.07) is 7.60. The van der Waals surface area contributed by atoms with Crippen molar-refractivity contribution in [3.05, 3.63) is 30.5 Å². The van der Waals surface area contributed by atoms with E-state index >= 15 is 0 Å².